The van der Waals surface area contributed by atoms with Gasteiger partial charge in [-0.1, -0.05) is 103 Å². The van der Waals surface area contributed by atoms with E-state index in [1.807, 2.05) is 46.6 Å². The van der Waals surface area contributed by atoms with Gasteiger partial charge in [0, 0.05) is 33.3 Å². The molecule has 2 heterocycles. The van der Waals surface area contributed by atoms with Gasteiger partial charge in [0.25, 0.3) is 0 Å². The van der Waals surface area contributed by atoms with Gasteiger partial charge in [-0.15, -0.1) is 0 Å². The van der Waals surface area contributed by atoms with Crippen LogP contribution in [-0.4, -0.2) is 21.9 Å². The van der Waals surface area contributed by atoms with Crippen LogP contribution in [-0.2, 0) is 11.3 Å². The molecule has 5 aromatic carbocycles. The molecule has 0 bridgehead atoms. The van der Waals surface area contributed by atoms with Gasteiger partial charge in [0.1, 0.15) is 0 Å². The number of pyridine rings is 1. The summed E-state index contributed by atoms with van der Waals surface area (Å²) in [6, 6.07) is 43.8. The smallest absolute Gasteiger partial charge is 0.198 e. The molecule has 0 spiro atoms. The van der Waals surface area contributed by atoms with Crippen LogP contribution in [0.4, 0.5) is 0 Å². The van der Waals surface area contributed by atoms with Crippen LogP contribution in [0.15, 0.2) is 137 Å². The van der Waals surface area contributed by atoms with Crippen LogP contribution in [0.25, 0.3) is 27.2 Å². The third-order valence-corrected chi connectivity index (χ3v) is 9.60. The number of benzene rings is 5. The maximum atomic E-state index is 13.4. The summed E-state index contributed by atoms with van der Waals surface area (Å²) in [7, 11) is 0. The molecule has 2 aromatic heterocycles. The van der Waals surface area contributed by atoms with Crippen molar-refractivity contribution in [2.75, 3.05) is 12.3 Å². The van der Waals surface area contributed by atoms with E-state index in [4.69, 9.17) is 5.10 Å². The molecule has 7 aromatic rings. The first-order valence-corrected chi connectivity index (χ1v) is 16.0. The first-order chi connectivity index (χ1) is 20.7. The Morgan fingerprint density at radius 3 is 1.90 bits per heavy atom. The number of halogens is 1. The zero-order chi connectivity index (χ0) is 28.5. The third-order valence-electron chi connectivity index (χ3n) is 7.97. The molecule has 0 aliphatic rings. The second-order valence-electron chi connectivity index (χ2n) is 10.4. The van der Waals surface area contributed by atoms with Gasteiger partial charge in [-0.2, -0.15) is 16.9 Å². The number of fused-ring (bicyclic) bond motifs is 2. The minimum atomic E-state index is -0.484. The fourth-order valence-electron chi connectivity index (χ4n) is 6.08. The van der Waals surface area contributed by atoms with Crippen molar-refractivity contribution in [2.45, 2.75) is 11.3 Å². The zero-order valence-electron chi connectivity index (χ0n) is 22.8. The van der Waals surface area contributed by atoms with Gasteiger partial charge < -0.3 is 0 Å². The molecule has 4 nitrogen and oxygen atoms in total. The summed E-state index contributed by atoms with van der Waals surface area (Å²) in [5.41, 5.74) is 5.90. The van der Waals surface area contributed by atoms with Crippen molar-refractivity contribution in [3.63, 3.8) is 0 Å². The summed E-state index contributed by atoms with van der Waals surface area (Å²) >= 11 is 5.47. The Hall–Kier alpha value is -3.97. The topological polar surface area (TPSA) is 46.4 Å². The average molecular weight is 631 g/mol. The van der Waals surface area contributed by atoms with E-state index in [-0.39, 0.29) is 5.43 Å². The highest BCUT2D eigenvalue weighted by Crippen LogP contribution is 2.37. The van der Waals surface area contributed by atoms with Crippen LogP contribution in [0.1, 0.15) is 22.4 Å². The summed E-state index contributed by atoms with van der Waals surface area (Å²) in [5.74, 6) is 1.64. The highest BCUT2D eigenvalue weighted by Gasteiger charge is 2.35. The van der Waals surface area contributed by atoms with E-state index in [2.05, 4.69) is 118 Å². The number of para-hydroxylation sites is 1. The van der Waals surface area contributed by atoms with Crippen molar-refractivity contribution >= 4 is 54.9 Å². The molecule has 6 heteroatoms. The van der Waals surface area contributed by atoms with Gasteiger partial charge in [0.15, 0.2) is 5.43 Å². The number of thioether (sulfide) groups is 1. The first-order valence-electron chi connectivity index (χ1n) is 14.0. The Morgan fingerprint density at radius 1 is 0.714 bits per heavy atom. The summed E-state index contributed by atoms with van der Waals surface area (Å²) in [4.78, 5) is 13.4. The second kappa shape index (κ2) is 11.4. The van der Waals surface area contributed by atoms with Gasteiger partial charge in [0.2, 0.25) is 0 Å². The minimum absolute atomic E-state index is 0.0398. The third kappa shape index (κ3) is 4.51. The molecule has 0 fully saturated rings. The minimum Gasteiger partial charge on any atom is -0.299 e. The maximum absolute atomic E-state index is 13.4. The van der Waals surface area contributed by atoms with E-state index in [1.54, 1.807) is 0 Å². The van der Waals surface area contributed by atoms with Crippen molar-refractivity contribution in [3.8, 4) is 0 Å². The normalized spacial score (nSPS) is 12.0. The lowest BCUT2D eigenvalue weighted by Crippen LogP contribution is -2.45. The molecule has 0 unspecified atom stereocenters. The lowest BCUT2D eigenvalue weighted by Gasteiger charge is -2.37. The average Bonchev–Trinajstić information content (AvgIpc) is 3.42. The summed E-state index contributed by atoms with van der Waals surface area (Å²) in [6.07, 6.45) is 0. The standard InChI is InChI=1S/C36H28BrN3OS/c37-30-21-20-28-31(39-40-32-19-11-10-18-29(32)35(41)33(30)34(28)40)24-42-23-22-38-36(25-12-4-1-5-13-25,26-14-6-2-7-15-26)27-16-8-3-9-17-27/h1-21,38H,22-24H2. The quantitative estimate of drug-likeness (QED) is 0.0998. The molecule has 1 N–H and O–H groups in total. The van der Waals surface area contributed by atoms with Crippen LogP contribution >= 0.6 is 27.7 Å². The van der Waals surface area contributed by atoms with E-state index in [9.17, 15) is 4.79 Å². The van der Waals surface area contributed by atoms with Gasteiger partial charge in [-0.3, -0.25) is 10.1 Å². The number of nitrogens with zero attached hydrogens (tertiary/aromatic N) is 2. The summed E-state index contributed by atoms with van der Waals surface area (Å²) in [5, 5.41) is 11.4. The molecule has 42 heavy (non-hydrogen) atoms. The highest BCUT2D eigenvalue weighted by molar-refractivity contribution is 9.10. The SMILES string of the molecule is O=c1c2ccccc2n2nc(CSCCNC(c3ccccc3)(c3ccccc3)c3ccccc3)c3ccc(Br)c1c32. The fourth-order valence-corrected chi connectivity index (χ4v) is 7.37. The van der Waals surface area contributed by atoms with Crippen molar-refractivity contribution in [2.24, 2.45) is 0 Å². The van der Waals surface area contributed by atoms with Gasteiger partial charge in [-0.05, 0) is 56.9 Å². The predicted octanol–water partition coefficient (Wildman–Crippen LogP) is 8.02. The Morgan fingerprint density at radius 2 is 1.29 bits per heavy atom. The molecular weight excluding hydrogens is 602 g/mol. The molecule has 0 radical (unpaired) electrons. The molecule has 0 saturated carbocycles. The number of aromatic nitrogens is 2. The highest BCUT2D eigenvalue weighted by atomic mass is 79.9. The van der Waals surface area contributed by atoms with Crippen molar-refractivity contribution in [1.82, 2.24) is 14.9 Å². The first kappa shape index (κ1) is 26.9. The van der Waals surface area contributed by atoms with Crippen LogP contribution in [0.3, 0.4) is 0 Å². The second-order valence-corrected chi connectivity index (χ2v) is 12.3. The molecule has 206 valence electrons. The Balaban J connectivity index is 1.19. The van der Waals surface area contributed by atoms with Crippen LogP contribution in [0.2, 0.25) is 0 Å². The van der Waals surface area contributed by atoms with Crippen molar-refractivity contribution < 1.29 is 0 Å². The Kier molecular flexibility index (Phi) is 7.28. The molecular formula is C36H28BrN3OS. The van der Waals surface area contributed by atoms with E-state index < -0.39 is 5.54 Å². The maximum Gasteiger partial charge on any atom is 0.198 e. The Bertz CT molecular complexity index is 1950. The fraction of sp³-hybridized carbons (Fsp3) is 0.111. The molecule has 0 atom stereocenters. The van der Waals surface area contributed by atoms with E-state index in [1.165, 1.54) is 16.7 Å². The van der Waals surface area contributed by atoms with Crippen LogP contribution < -0.4 is 10.7 Å². The van der Waals surface area contributed by atoms with Crippen molar-refractivity contribution in [3.05, 3.63) is 164 Å². The Labute approximate surface area is 256 Å². The zero-order valence-corrected chi connectivity index (χ0v) is 25.2. The number of nitrogens with one attached hydrogen (secondary N) is 1. The van der Waals surface area contributed by atoms with E-state index in [0.29, 0.717) is 10.8 Å². The van der Waals surface area contributed by atoms with Crippen LogP contribution in [0, 0.1) is 0 Å². The molecule has 0 aliphatic heterocycles. The van der Waals surface area contributed by atoms with Gasteiger partial charge >= 0.3 is 0 Å². The van der Waals surface area contributed by atoms with Crippen molar-refractivity contribution in [1.29, 1.82) is 0 Å². The summed E-state index contributed by atoms with van der Waals surface area (Å²) < 4.78 is 2.75. The molecule has 0 aliphatic carbocycles. The molecule has 7 rings (SSSR count). The molecule has 0 saturated heterocycles. The van der Waals surface area contributed by atoms with Gasteiger partial charge in [0.05, 0.1) is 27.7 Å². The number of hydrogen-bond donors (Lipinski definition) is 1. The number of hydrogen-bond acceptors (Lipinski definition) is 4. The van der Waals surface area contributed by atoms with Crippen LogP contribution in [0.5, 0.6) is 0 Å². The van der Waals surface area contributed by atoms with E-state index >= 15 is 0 Å². The lowest BCUT2D eigenvalue weighted by atomic mass is 9.77. The lowest BCUT2D eigenvalue weighted by molar-refractivity contribution is 0.490. The monoisotopic (exact) mass is 629 g/mol. The summed E-state index contributed by atoms with van der Waals surface area (Å²) in [6.45, 7) is 0.792. The molecule has 0 amide bonds. The predicted molar refractivity (Wildman–Crippen MR) is 179 cm³/mol. The van der Waals surface area contributed by atoms with E-state index in [0.717, 1.165) is 44.6 Å². The van der Waals surface area contributed by atoms with Gasteiger partial charge in [-0.25, -0.2) is 4.52 Å². The largest absolute Gasteiger partial charge is 0.299 e. The number of rotatable bonds is 9.